The fraction of sp³-hybridized carbons (Fsp3) is 0.667. The quantitative estimate of drug-likeness (QED) is 0.827. The Morgan fingerprint density at radius 2 is 2.47 bits per heavy atom. The van der Waals surface area contributed by atoms with Crippen molar-refractivity contribution in [3.05, 3.63) is 0 Å². The molecule has 0 aromatic carbocycles. The van der Waals surface area contributed by atoms with Crippen molar-refractivity contribution in [2.75, 3.05) is 29.2 Å². The Morgan fingerprint density at radius 3 is 3.12 bits per heavy atom. The lowest BCUT2D eigenvalue weighted by molar-refractivity contribution is -0.133. The van der Waals surface area contributed by atoms with E-state index in [1.807, 2.05) is 18.8 Å². The van der Waals surface area contributed by atoms with E-state index in [0.717, 1.165) is 15.2 Å². The van der Waals surface area contributed by atoms with Crippen LogP contribution in [0.5, 0.6) is 0 Å². The van der Waals surface area contributed by atoms with Gasteiger partial charge in [0.2, 0.25) is 5.13 Å². The van der Waals surface area contributed by atoms with Crippen molar-refractivity contribution in [1.29, 1.82) is 0 Å². The fourth-order valence-corrected chi connectivity index (χ4v) is 4.37. The third kappa shape index (κ3) is 3.49. The standard InChI is InChI=1S/C9H13N3O2S3/c1-12(6-2-3-15-4-6)8-10-11-9(17-8)16-5-7(13)14/h6H,2-5H2,1H3,(H,13,14). The predicted octanol–water partition coefficient (Wildman–Crippen LogP) is 1.66. The van der Waals surface area contributed by atoms with Crippen molar-refractivity contribution in [3.8, 4) is 0 Å². The molecule has 0 bridgehead atoms. The highest BCUT2D eigenvalue weighted by molar-refractivity contribution is 8.01. The van der Waals surface area contributed by atoms with Crippen LogP contribution in [0.25, 0.3) is 0 Å². The van der Waals surface area contributed by atoms with E-state index in [2.05, 4.69) is 15.1 Å². The molecule has 1 unspecified atom stereocenters. The summed E-state index contributed by atoms with van der Waals surface area (Å²) < 4.78 is 0.722. The zero-order chi connectivity index (χ0) is 12.3. The molecule has 0 spiro atoms. The van der Waals surface area contributed by atoms with Crippen molar-refractivity contribution < 1.29 is 9.90 Å². The molecular formula is C9H13N3O2S3. The van der Waals surface area contributed by atoms with Crippen LogP contribution in [-0.2, 0) is 4.79 Å². The van der Waals surface area contributed by atoms with Gasteiger partial charge in [-0.3, -0.25) is 4.79 Å². The Labute approximate surface area is 112 Å². The zero-order valence-corrected chi connectivity index (χ0v) is 11.8. The van der Waals surface area contributed by atoms with Gasteiger partial charge in [0.15, 0.2) is 4.34 Å². The minimum Gasteiger partial charge on any atom is -0.481 e. The van der Waals surface area contributed by atoms with Crippen LogP contribution in [0.4, 0.5) is 5.13 Å². The molecule has 1 aromatic heterocycles. The summed E-state index contributed by atoms with van der Waals surface area (Å²) in [5.74, 6) is 1.55. The molecule has 1 aromatic rings. The molecule has 0 amide bonds. The lowest BCUT2D eigenvalue weighted by Gasteiger charge is -2.21. The van der Waals surface area contributed by atoms with Crippen molar-refractivity contribution >= 4 is 46.0 Å². The maximum absolute atomic E-state index is 10.4. The van der Waals surface area contributed by atoms with E-state index in [9.17, 15) is 4.79 Å². The minimum absolute atomic E-state index is 0.0393. The summed E-state index contributed by atoms with van der Waals surface area (Å²) in [6.45, 7) is 0. The number of aliphatic carboxylic acids is 1. The molecular weight excluding hydrogens is 278 g/mol. The van der Waals surface area contributed by atoms with E-state index in [1.165, 1.54) is 35.3 Å². The molecule has 0 aliphatic carbocycles. The minimum atomic E-state index is -0.827. The van der Waals surface area contributed by atoms with Crippen LogP contribution < -0.4 is 4.90 Å². The second-order valence-corrected chi connectivity index (χ2v) is 6.99. The van der Waals surface area contributed by atoms with Crippen LogP contribution in [0.1, 0.15) is 6.42 Å². The van der Waals surface area contributed by atoms with Gasteiger partial charge in [0.1, 0.15) is 0 Å². The molecule has 94 valence electrons. The van der Waals surface area contributed by atoms with Crippen LogP contribution >= 0.6 is 34.9 Å². The Balaban J connectivity index is 1.94. The highest BCUT2D eigenvalue weighted by Crippen LogP contribution is 2.31. The molecule has 5 nitrogen and oxygen atoms in total. The number of nitrogens with zero attached hydrogens (tertiary/aromatic N) is 3. The third-order valence-electron chi connectivity index (χ3n) is 2.47. The van der Waals surface area contributed by atoms with Gasteiger partial charge in [0.25, 0.3) is 0 Å². The van der Waals surface area contributed by atoms with E-state index in [4.69, 9.17) is 5.11 Å². The summed E-state index contributed by atoms with van der Waals surface area (Å²) in [4.78, 5) is 12.6. The van der Waals surface area contributed by atoms with Gasteiger partial charge in [0, 0.05) is 18.8 Å². The molecule has 1 aliphatic heterocycles. The lowest BCUT2D eigenvalue weighted by atomic mass is 10.2. The Hall–Kier alpha value is -0.470. The Bertz CT molecular complexity index is 393. The average molecular weight is 291 g/mol. The second kappa shape index (κ2) is 5.92. The SMILES string of the molecule is CN(c1nnc(SCC(=O)O)s1)C1CCSC1. The molecule has 0 radical (unpaired) electrons. The van der Waals surface area contributed by atoms with Gasteiger partial charge in [-0.25, -0.2) is 0 Å². The van der Waals surface area contributed by atoms with Crippen molar-refractivity contribution in [3.63, 3.8) is 0 Å². The van der Waals surface area contributed by atoms with Gasteiger partial charge < -0.3 is 10.0 Å². The summed E-state index contributed by atoms with van der Waals surface area (Å²) >= 11 is 4.64. The molecule has 1 atom stereocenters. The average Bonchev–Trinajstić information content (AvgIpc) is 2.97. The first-order chi connectivity index (χ1) is 8.16. The highest BCUT2D eigenvalue weighted by Gasteiger charge is 2.22. The molecule has 2 heterocycles. The Kier molecular flexibility index (Phi) is 4.52. The number of hydrogen-bond donors (Lipinski definition) is 1. The number of carboxylic acids is 1. The maximum Gasteiger partial charge on any atom is 0.313 e. The number of anilines is 1. The van der Waals surface area contributed by atoms with Gasteiger partial charge in [0.05, 0.1) is 5.75 Å². The van der Waals surface area contributed by atoms with E-state index in [0.29, 0.717) is 6.04 Å². The number of hydrogen-bond acceptors (Lipinski definition) is 7. The summed E-state index contributed by atoms with van der Waals surface area (Å²) in [5.41, 5.74) is 0. The molecule has 1 saturated heterocycles. The first-order valence-corrected chi connectivity index (χ1v) is 8.11. The maximum atomic E-state index is 10.4. The third-order valence-corrected chi connectivity index (χ3v) is 5.75. The fourth-order valence-electron chi connectivity index (χ4n) is 1.51. The topological polar surface area (TPSA) is 66.3 Å². The number of aromatic nitrogens is 2. The van der Waals surface area contributed by atoms with Gasteiger partial charge in [-0.2, -0.15) is 11.8 Å². The van der Waals surface area contributed by atoms with Gasteiger partial charge in [-0.05, 0) is 12.2 Å². The van der Waals surface area contributed by atoms with E-state index >= 15 is 0 Å². The summed E-state index contributed by atoms with van der Waals surface area (Å²) in [5, 5.41) is 17.6. The molecule has 1 fully saturated rings. The first-order valence-electron chi connectivity index (χ1n) is 5.15. The number of thioether (sulfide) groups is 2. The number of carboxylic acid groups (broad SMARTS) is 1. The van der Waals surface area contributed by atoms with E-state index in [1.54, 1.807) is 0 Å². The number of carbonyl (C=O) groups is 1. The van der Waals surface area contributed by atoms with Crippen LogP contribution in [0.3, 0.4) is 0 Å². The van der Waals surface area contributed by atoms with Gasteiger partial charge in [-0.15, -0.1) is 10.2 Å². The Morgan fingerprint density at radius 1 is 1.65 bits per heavy atom. The molecule has 0 saturated carbocycles. The van der Waals surface area contributed by atoms with E-state index < -0.39 is 5.97 Å². The predicted molar refractivity (Wildman–Crippen MR) is 72.4 cm³/mol. The normalized spacial score (nSPS) is 19.5. The zero-order valence-electron chi connectivity index (χ0n) is 9.33. The van der Waals surface area contributed by atoms with Crippen LogP contribution in [0.15, 0.2) is 4.34 Å². The molecule has 2 rings (SSSR count). The molecule has 1 aliphatic rings. The molecule has 17 heavy (non-hydrogen) atoms. The van der Waals surface area contributed by atoms with Crippen molar-refractivity contribution in [2.45, 2.75) is 16.8 Å². The smallest absolute Gasteiger partial charge is 0.313 e. The van der Waals surface area contributed by atoms with Crippen molar-refractivity contribution in [2.24, 2.45) is 0 Å². The van der Waals surface area contributed by atoms with E-state index in [-0.39, 0.29) is 5.75 Å². The van der Waals surface area contributed by atoms with Gasteiger partial charge >= 0.3 is 5.97 Å². The molecule has 8 heteroatoms. The van der Waals surface area contributed by atoms with Crippen LogP contribution in [0, 0.1) is 0 Å². The second-order valence-electron chi connectivity index (χ2n) is 3.66. The summed E-state index contributed by atoms with van der Waals surface area (Å²) in [7, 11) is 2.03. The van der Waals surface area contributed by atoms with Gasteiger partial charge in [-0.1, -0.05) is 23.1 Å². The molecule has 1 N–H and O–H groups in total. The number of rotatable bonds is 5. The van der Waals surface area contributed by atoms with Crippen LogP contribution in [0.2, 0.25) is 0 Å². The van der Waals surface area contributed by atoms with Crippen LogP contribution in [-0.4, -0.2) is 51.6 Å². The monoisotopic (exact) mass is 291 g/mol. The summed E-state index contributed by atoms with van der Waals surface area (Å²) in [6.07, 6.45) is 1.18. The lowest BCUT2D eigenvalue weighted by Crippen LogP contribution is -2.31. The highest BCUT2D eigenvalue weighted by atomic mass is 32.2. The van der Waals surface area contributed by atoms with Crippen molar-refractivity contribution in [1.82, 2.24) is 10.2 Å². The largest absolute Gasteiger partial charge is 0.481 e. The first kappa shape index (κ1) is 13.0. The summed E-state index contributed by atoms with van der Waals surface area (Å²) in [6, 6.07) is 0.533.